The number of rotatable bonds is 5. The average molecular weight is 339 g/mol. The third kappa shape index (κ3) is 3.36. The number of aromatic hydroxyl groups is 1. The Morgan fingerprint density at radius 3 is 2.23 bits per heavy atom. The number of phenols is 1. The highest BCUT2D eigenvalue weighted by molar-refractivity contribution is 8.26. The van der Waals surface area contributed by atoms with Crippen LogP contribution >= 0.6 is 24.0 Å². The molecule has 1 aromatic rings. The van der Waals surface area contributed by atoms with E-state index >= 15 is 0 Å². The van der Waals surface area contributed by atoms with Crippen molar-refractivity contribution >= 4 is 40.3 Å². The van der Waals surface area contributed by atoms with Crippen LogP contribution in [0.2, 0.25) is 0 Å². The van der Waals surface area contributed by atoms with Gasteiger partial charge in [-0.05, 0) is 37.6 Å². The first-order chi connectivity index (χ1) is 10.5. The number of thiocarbonyl (C=S) groups is 1. The molecule has 0 saturated carbocycles. The van der Waals surface area contributed by atoms with Gasteiger partial charge in [-0.25, -0.2) is 0 Å². The van der Waals surface area contributed by atoms with Gasteiger partial charge in [-0.1, -0.05) is 24.0 Å². The van der Waals surface area contributed by atoms with E-state index in [2.05, 4.69) is 0 Å². The molecule has 1 fully saturated rings. The Kier molecular flexibility index (Phi) is 5.31. The van der Waals surface area contributed by atoms with Crippen molar-refractivity contribution in [2.45, 2.75) is 13.8 Å². The van der Waals surface area contributed by atoms with E-state index in [4.69, 9.17) is 21.7 Å². The molecule has 0 unspecified atom stereocenters. The van der Waals surface area contributed by atoms with Gasteiger partial charge >= 0.3 is 0 Å². The zero-order chi connectivity index (χ0) is 16.3. The molecule has 1 aliphatic rings. The van der Waals surface area contributed by atoms with E-state index in [1.165, 1.54) is 16.7 Å². The van der Waals surface area contributed by atoms with Crippen LogP contribution in [-0.4, -0.2) is 40.5 Å². The predicted octanol–water partition coefficient (Wildman–Crippen LogP) is 3.02. The van der Waals surface area contributed by atoms with Gasteiger partial charge in [-0.2, -0.15) is 0 Å². The summed E-state index contributed by atoms with van der Waals surface area (Å²) in [4.78, 5) is 14.0. The summed E-state index contributed by atoms with van der Waals surface area (Å²) >= 11 is 6.35. The summed E-state index contributed by atoms with van der Waals surface area (Å²) in [6, 6.07) is 3.34. The van der Waals surface area contributed by atoms with E-state index in [1.54, 1.807) is 25.3 Å². The van der Waals surface area contributed by atoms with Crippen molar-refractivity contribution in [2.75, 3.05) is 20.3 Å². The molecule has 2 rings (SSSR count). The van der Waals surface area contributed by atoms with Gasteiger partial charge in [-0.15, -0.1) is 0 Å². The third-order valence-corrected chi connectivity index (χ3v) is 4.43. The van der Waals surface area contributed by atoms with Crippen LogP contribution in [-0.2, 0) is 4.79 Å². The molecule has 0 atom stereocenters. The van der Waals surface area contributed by atoms with Crippen LogP contribution in [0, 0.1) is 0 Å². The van der Waals surface area contributed by atoms with Crippen LogP contribution in [0.5, 0.6) is 17.2 Å². The van der Waals surface area contributed by atoms with Crippen LogP contribution in [0.1, 0.15) is 19.4 Å². The Hall–Kier alpha value is -1.73. The fourth-order valence-corrected chi connectivity index (χ4v) is 3.09. The minimum absolute atomic E-state index is 0.0381. The lowest BCUT2D eigenvalue weighted by molar-refractivity contribution is -0.121. The second kappa shape index (κ2) is 7.02. The van der Waals surface area contributed by atoms with Crippen LogP contribution in [0.25, 0.3) is 6.08 Å². The molecule has 7 heteroatoms. The summed E-state index contributed by atoms with van der Waals surface area (Å²) in [7, 11) is 1.65. The Bertz CT molecular complexity index is 615. The lowest BCUT2D eigenvalue weighted by Gasteiger charge is -2.12. The standard InChI is InChI=1S/C15H17NO4S2/c1-4-19-10-6-9(7-11(13(10)17)20-5-2)8-12-14(18)16(3)15(21)22-12/h6-8,17H,4-5H2,1-3H3. The van der Waals surface area contributed by atoms with Crippen molar-refractivity contribution in [3.63, 3.8) is 0 Å². The molecule has 1 aromatic carbocycles. The Balaban J connectivity index is 2.42. The number of benzene rings is 1. The number of carbonyl (C=O) groups is 1. The number of amides is 1. The van der Waals surface area contributed by atoms with Gasteiger partial charge in [0.2, 0.25) is 5.75 Å². The van der Waals surface area contributed by atoms with Crippen LogP contribution in [0.15, 0.2) is 17.0 Å². The molecule has 0 bridgehead atoms. The maximum absolute atomic E-state index is 12.0. The monoisotopic (exact) mass is 339 g/mol. The predicted molar refractivity (Wildman–Crippen MR) is 91.4 cm³/mol. The lowest BCUT2D eigenvalue weighted by atomic mass is 10.1. The Morgan fingerprint density at radius 1 is 1.27 bits per heavy atom. The van der Waals surface area contributed by atoms with Crippen LogP contribution in [0.4, 0.5) is 0 Å². The fourth-order valence-electron chi connectivity index (χ4n) is 1.91. The lowest BCUT2D eigenvalue weighted by Crippen LogP contribution is -2.22. The summed E-state index contributed by atoms with van der Waals surface area (Å²) in [5, 5.41) is 10.1. The first-order valence-corrected chi connectivity index (χ1v) is 8.04. The summed E-state index contributed by atoms with van der Waals surface area (Å²) in [5.74, 6) is 0.473. The third-order valence-electron chi connectivity index (χ3n) is 2.95. The molecule has 1 saturated heterocycles. The van der Waals surface area contributed by atoms with Crippen molar-refractivity contribution in [3.05, 3.63) is 22.6 Å². The molecular formula is C15H17NO4S2. The summed E-state index contributed by atoms with van der Waals surface area (Å²) in [6.45, 7) is 4.49. The number of ether oxygens (including phenoxy) is 2. The van der Waals surface area contributed by atoms with Gasteiger partial charge in [0.05, 0.1) is 18.1 Å². The van der Waals surface area contributed by atoms with Gasteiger partial charge in [0.1, 0.15) is 4.32 Å². The zero-order valence-corrected chi connectivity index (χ0v) is 14.2. The summed E-state index contributed by atoms with van der Waals surface area (Å²) in [5.41, 5.74) is 0.707. The molecule has 0 radical (unpaired) electrons. The van der Waals surface area contributed by atoms with Gasteiger partial charge < -0.3 is 14.6 Å². The summed E-state index contributed by atoms with van der Waals surface area (Å²) in [6.07, 6.45) is 1.72. The Labute approximate surface area is 138 Å². The van der Waals surface area contributed by atoms with Crippen molar-refractivity contribution in [1.29, 1.82) is 0 Å². The first-order valence-electron chi connectivity index (χ1n) is 6.82. The summed E-state index contributed by atoms with van der Waals surface area (Å²) < 4.78 is 11.3. The second-order valence-electron chi connectivity index (χ2n) is 4.47. The van der Waals surface area contributed by atoms with E-state index < -0.39 is 0 Å². The van der Waals surface area contributed by atoms with E-state index in [0.717, 1.165) is 0 Å². The molecule has 0 spiro atoms. The quantitative estimate of drug-likeness (QED) is 0.657. The molecule has 1 N–H and O–H groups in total. The number of phenolic OH excluding ortho intramolecular Hbond substituents is 1. The number of carbonyl (C=O) groups excluding carboxylic acids is 1. The van der Waals surface area contributed by atoms with Crippen molar-refractivity contribution in [1.82, 2.24) is 4.90 Å². The number of nitrogens with zero attached hydrogens (tertiary/aromatic N) is 1. The zero-order valence-electron chi connectivity index (χ0n) is 12.6. The highest BCUT2D eigenvalue weighted by Crippen LogP contribution is 2.39. The van der Waals surface area contributed by atoms with Crippen LogP contribution in [0.3, 0.4) is 0 Å². The smallest absolute Gasteiger partial charge is 0.265 e. The maximum Gasteiger partial charge on any atom is 0.265 e. The number of thioether (sulfide) groups is 1. The molecule has 1 aliphatic heterocycles. The van der Waals surface area contributed by atoms with Gasteiger partial charge in [-0.3, -0.25) is 9.69 Å². The second-order valence-corrected chi connectivity index (χ2v) is 6.15. The van der Waals surface area contributed by atoms with E-state index in [1.807, 2.05) is 13.8 Å². The van der Waals surface area contributed by atoms with Gasteiger partial charge in [0, 0.05) is 7.05 Å². The van der Waals surface area contributed by atoms with E-state index in [0.29, 0.717) is 39.5 Å². The fraction of sp³-hybridized carbons (Fsp3) is 0.333. The molecule has 22 heavy (non-hydrogen) atoms. The highest BCUT2D eigenvalue weighted by atomic mass is 32.2. The number of likely N-dealkylation sites (N-methyl/N-ethyl adjacent to an activating group) is 1. The molecule has 118 valence electrons. The van der Waals surface area contributed by atoms with E-state index in [9.17, 15) is 9.90 Å². The topological polar surface area (TPSA) is 59.0 Å². The Morgan fingerprint density at radius 2 is 1.82 bits per heavy atom. The maximum atomic E-state index is 12.0. The molecule has 5 nitrogen and oxygen atoms in total. The SMILES string of the molecule is CCOc1cc(C=C2SC(=S)N(C)C2=O)cc(OCC)c1O. The number of hydrogen-bond acceptors (Lipinski definition) is 6. The minimum Gasteiger partial charge on any atom is -0.502 e. The van der Waals surface area contributed by atoms with Crippen molar-refractivity contribution < 1.29 is 19.4 Å². The molecule has 0 aliphatic carbocycles. The first kappa shape index (κ1) is 16.6. The molecule has 1 amide bonds. The minimum atomic E-state index is -0.140. The average Bonchev–Trinajstić information content (AvgIpc) is 2.72. The molecule has 0 aromatic heterocycles. The van der Waals surface area contributed by atoms with Crippen molar-refractivity contribution in [3.8, 4) is 17.2 Å². The van der Waals surface area contributed by atoms with Gasteiger partial charge in [0.15, 0.2) is 11.5 Å². The highest BCUT2D eigenvalue weighted by Gasteiger charge is 2.28. The van der Waals surface area contributed by atoms with Gasteiger partial charge in [0.25, 0.3) is 5.91 Å². The number of hydrogen-bond donors (Lipinski definition) is 1. The van der Waals surface area contributed by atoms with Crippen LogP contribution < -0.4 is 9.47 Å². The largest absolute Gasteiger partial charge is 0.502 e. The van der Waals surface area contributed by atoms with Crippen molar-refractivity contribution in [2.24, 2.45) is 0 Å². The van der Waals surface area contributed by atoms with E-state index in [-0.39, 0.29) is 11.7 Å². The molecular weight excluding hydrogens is 322 g/mol. The normalized spacial score (nSPS) is 16.5. The molecule has 1 heterocycles.